The Labute approximate surface area is 165 Å². The third-order valence-corrected chi connectivity index (χ3v) is 5.71. The molecule has 1 aromatic heterocycles. The van der Waals surface area contributed by atoms with Crippen molar-refractivity contribution in [2.45, 2.75) is 25.8 Å². The van der Waals surface area contributed by atoms with E-state index in [0.29, 0.717) is 16.3 Å². The Morgan fingerprint density at radius 1 is 1.19 bits per heavy atom. The van der Waals surface area contributed by atoms with Gasteiger partial charge in [0.25, 0.3) is 0 Å². The van der Waals surface area contributed by atoms with Crippen LogP contribution in [0.5, 0.6) is 0 Å². The lowest BCUT2D eigenvalue weighted by atomic mass is 10.1. The maximum atomic E-state index is 12.6. The van der Waals surface area contributed by atoms with Crippen LogP contribution >= 0.6 is 11.8 Å². The summed E-state index contributed by atoms with van der Waals surface area (Å²) in [6.45, 7) is 9.03. The van der Waals surface area contributed by atoms with Crippen molar-refractivity contribution in [3.8, 4) is 6.07 Å². The Kier molecular flexibility index (Phi) is 6.02. The Bertz CT molecular complexity index is 882. The number of carbonyl (C=O) groups is 1. The number of aromatic nitrogens is 1. The van der Waals surface area contributed by atoms with Crippen molar-refractivity contribution in [1.82, 2.24) is 9.88 Å². The fourth-order valence-electron chi connectivity index (χ4n) is 3.30. The van der Waals surface area contributed by atoms with Crippen LogP contribution in [0, 0.1) is 32.1 Å². The van der Waals surface area contributed by atoms with Crippen LogP contribution in [0.4, 0.5) is 5.69 Å². The van der Waals surface area contributed by atoms with Crippen LogP contribution < -0.4 is 4.90 Å². The number of amides is 1. The lowest BCUT2D eigenvalue weighted by Gasteiger charge is -2.36. The molecule has 0 aliphatic carbocycles. The molecule has 1 aliphatic heterocycles. The van der Waals surface area contributed by atoms with E-state index in [4.69, 9.17) is 0 Å². The zero-order chi connectivity index (χ0) is 19.4. The molecule has 0 radical (unpaired) electrons. The number of nitriles is 1. The van der Waals surface area contributed by atoms with Crippen molar-refractivity contribution in [2.75, 3.05) is 36.8 Å². The minimum Gasteiger partial charge on any atom is -0.368 e. The van der Waals surface area contributed by atoms with Gasteiger partial charge in [0.05, 0.1) is 11.3 Å². The first-order valence-electron chi connectivity index (χ1n) is 9.08. The van der Waals surface area contributed by atoms with E-state index in [0.717, 1.165) is 37.4 Å². The van der Waals surface area contributed by atoms with Gasteiger partial charge in [-0.1, -0.05) is 23.9 Å². The second-order valence-electron chi connectivity index (χ2n) is 6.87. The number of piperazine rings is 1. The van der Waals surface area contributed by atoms with Crippen LogP contribution in [0.15, 0.2) is 35.4 Å². The van der Waals surface area contributed by atoms with Crippen LogP contribution in [0.1, 0.15) is 22.4 Å². The van der Waals surface area contributed by atoms with Gasteiger partial charge in [-0.05, 0) is 50.1 Å². The Morgan fingerprint density at radius 2 is 1.93 bits per heavy atom. The van der Waals surface area contributed by atoms with E-state index < -0.39 is 0 Å². The molecule has 0 N–H and O–H groups in total. The van der Waals surface area contributed by atoms with E-state index in [-0.39, 0.29) is 5.91 Å². The van der Waals surface area contributed by atoms with E-state index in [2.05, 4.69) is 47.1 Å². The third kappa shape index (κ3) is 4.61. The van der Waals surface area contributed by atoms with Crippen molar-refractivity contribution in [1.29, 1.82) is 5.26 Å². The summed E-state index contributed by atoms with van der Waals surface area (Å²) in [7, 11) is 0. The van der Waals surface area contributed by atoms with E-state index in [1.54, 1.807) is 0 Å². The molecule has 2 aromatic rings. The molecular weight excluding hydrogens is 356 g/mol. The van der Waals surface area contributed by atoms with E-state index in [1.807, 2.05) is 24.8 Å². The summed E-state index contributed by atoms with van der Waals surface area (Å²) in [5.74, 6) is 0.420. The Hall–Kier alpha value is -2.52. The number of carbonyl (C=O) groups excluding carboxylic acids is 1. The van der Waals surface area contributed by atoms with Crippen LogP contribution in [0.2, 0.25) is 0 Å². The fraction of sp³-hybridized carbons (Fsp3) is 0.381. The number of pyridine rings is 1. The van der Waals surface area contributed by atoms with Gasteiger partial charge < -0.3 is 9.80 Å². The summed E-state index contributed by atoms with van der Waals surface area (Å²) in [5.41, 5.74) is 4.81. The molecule has 2 heterocycles. The minimum atomic E-state index is 0.105. The molecule has 6 heteroatoms. The normalized spacial score (nSPS) is 14.1. The smallest absolute Gasteiger partial charge is 0.233 e. The molecule has 3 rings (SSSR count). The molecule has 1 amide bonds. The molecule has 0 bridgehead atoms. The van der Waals surface area contributed by atoms with Gasteiger partial charge in [0.2, 0.25) is 5.91 Å². The van der Waals surface area contributed by atoms with Gasteiger partial charge in [-0.25, -0.2) is 4.98 Å². The molecule has 0 atom stereocenters. The van der Waals surface area contributed by atoms with Gasteiger partial charge in [0.1, 0.15) is 11.1 Å². The highest BCUT2D eigenvalue weighted by Crippen LogP contribution is 2.24. The molecule has 1 saturated heterocycles. The Balaban J connectivity index is 1.57. The second kappa shape index (κ2) is 8.45. The standard InChI is InChI=1S/C21H24N4OS/c1-15-5-4-6-18(11-15)24-7-9-25(10-8-24)20(26)14-27-21-19(13-22)16(2)12-17(3)23-21/h4-6,11-12H,7-10,14H2,1-3H3. The summed E-state index contributed by atoms with van der Waals surface area (Å²) in [6.07, 6.45) is 0. The molecule has 0 spiro atoms. The van der Waals surface area contributed by atoms with Crippen LogP contribution in [0.3, 0.4) is 0 Å². The lowest BCUT2D eigenvalue weighted by molar-refractivity contribution is -0.128. The minimum absolute atomic E-state index is 0.105. The highest BCUT2D eigenvalue weighted by molar-refractivity contribution is 8.00. The summed E-state index contributed by atoms with van der Waals surface area (Å²) < 4.78 is 0. The van der Waals surface area contributed by atoms with Crippen molar-refractivity contribution in [2.24, 2.45) is 0 Å². The fourth-order valence-corrected chi connectivity index (χ4v) is 4.31. The van der Waals surface area contributed by atoms with Crippen molar-refractivity contribution in [3.05, 3.63) is 52.7 Å². The molecule has 5 nitrogen and oxygen atoms in total. The van der Waals surface area contributed by atoms with Gasteiger partial charge in [-0.3, -0.25) is 4.79 Å². The number of thioether (sulfide) groups is 1. The topological polar surface area (TPSA) is 60.2 Å². The average molecular weight is 381 g/mol. The van der Waals surface area contributed by atoms with Gasteiger partial charge in [-0.15, -0.1) is 0 Å². The lowest BCUT2D eigenvalue weighted by Crippen LogP contribution is -2.49. The SMILES string of the molecule is Cc1cccc(N2CCN(C(=O)CSc3nc(C)cc(C)c3C#N)CC2)c1. The second-order valence-corrected chi connectivity index (χ2v) is 7.83. The van der Waals surface area contributed by atoms with Gasteiger partial charge in [-0.2, -0.15) is 5.26 Å². The number of hydrogen-bond donors (Lipinski definition) is 0. The average Bonchev–Trinajstić information content (AvgIpc) is 2.66. The summed E-state index contributed by atoms with van der Waals surface area (Å²) >= 11 is 1.36. The number of aryl methyl sites for hydroxylation is 3. The number of hydrogen-bond acceptors (Lipinski definition) is 5. The number of anilines is 1. The first-order chi connectivity index (χ1) is 13.0. The molecule has 0 saturated carbocycles. The monoisotopic (exact) mass is 380 g/mol. The third-order valence-electron chi connectivity index (χ3n) is 4.75. The highest BCUT2D eigenvalue weighted by Gasteiger charge is 2.22. The zero-order valence-corrected chi connectivity index (χ0v) is 16.8. The number of benzene rings is 1. The predicted molar refractivity (Wildman–Crippen MR) is 109 cm³/mol. The molecule has 27 heavy (non-hydrogen) atoms. The summed E-state index contributed by atoms with van der Waals surface area (Å²) in [6, 6.07) is 12.6. The Morgan fingerprint density at radius 3 is 2.59 bits per heavy atom. The highest BCUT2D eigenvalue weighted by atomic mass is 32.2. The molecule has 140 valence electrons. The number of nitrogens with zero attached hydrogens (tertiary/aromatic N) is 4. The summed E-state index contributed by atoms with van der Waals surface area (Å²) in [5, 5.41) is 10.0. The molecule has 1 fully saturated rings. The van der Waals surface area contributed by atoms with Crippen LogP contribution in [-0.4, -0.2) is 47.7 Å². The first-order valence-corrected chi connectivity index (χ1v) is 10.1. The van der Waals surface area contributed by atoms with Crippen molar-refractivity contribution >= 4 is 23.4 Å². The first kappa shape index (κ1) is 19.2. The summed E-state index contributed by atoms with van der Waals surface area (Å²) in [4.78, 5) is 21.3. The molecular formula is C21H24N4OS. The van der Waals surface area contributed by atoms with Crippen LogP contribution in [-0.2, 0) is 4.79 Å². The molecule has 1 aliphatic rings. The number of rotatable bonds is 4. The van der Waals surface area contributed by atoms with Crippen LogP contribution in [0.25, 0.3) is 0 Å². The van der Waals surface area contributed by atoms with Gasteiger partial charge >= 0.3 is 0 Å². The predicted octanol–water partition coefficient (Wildman–Crippen LogP) is 3.32. The van der Waals surface area contributed by atoms with E-state index in [1.165, 1.54) is 23.0 Å². The largest absolute Gasteiger partial charge is 0.368 e. The zero-order valence-electron chi connectivity index (χ0n) is 16.0. The molecule has 1 aromatic carbocycles. The van der Waals surface area contributed by atoms with E-state index in [9.17, 15) is 10.1 Å². The van der Waals surface area contributed by atoms with Gasteiger partial charge in [0.15, 0.2) is 0 Å². The maximum Gasteiger partial charge on any atom is 0.233 e. The van der Waals surface area contributed by atoms with Crippen molar-refractivity contribution in [3.63, 3.8) is 0 Å². The molecule has 0 unspecified atom stereocenters. The van der Waals surface area contributed by atoms with Gasteiger partial charge in [0, 0.05) is 37.6 Å². The maximum absolute atomic E-state index is 12.6. The quantitative estimate of drug-likeness (QED) is 0.762. The van der Waals surface area contributed by atoms with Crippen molar-refractivity contribution < 1.29 is 4.79 Å². The van der Waals surface area contributed by atoms with E-state index >= 15 is 0 Å².